The Labute approximate surface area is 131 Å². The van der Waals surface area contributed by atoms with Crippen LogP contribution in [0.15, 0.2) is 61.2 Å². The number of carbonyl (C=O) groups excluding carboxylic acids is 1. The number of anilines is 1. The SMILES string of the molecule is C=CCOc1ccc(C(=O)Nc2ccc(I)cc2)cc1. The quantitative estimate of drug-likeness (QED) is 0.627. The standard InChI is InChI=1S/C16H14INO2/c1-2-11-20-15-9-3-12(4-10-15)16(19)18-14-7-5-13(17)6-8-14/h2-10H,1,11H2,(H,18,19). The molecule has 102 valence electrons. The van der Waals surface area contributed by atoms with Crippen molar-refractivity contribution in [3.05, 3.63) is 70.3 Å². The predicted molar refractivity (Wildman–Crippen MR) is 89.2 cm³/mol. The van der Waals surface area contributed by atoms with Crippen molar-refractivity contribution >= 4 is 34.2 Å². The lowest BCUT2D eigenvalue weighted by atomic mass is 10.2. The zero-order valence-electron chi connectivity index (χ0n) is 10.8. The molecule has 0 radical (unpaired) electrons. The summed E-state index contributed by atoms with van der Waals surface area (Å²) in [5.41, 5.74) is 1.37. The van der Waals surface area contributed by atoms with Crippen molar-refractivity contribution in [2.45, 2.75) is 0 Å². The van der Waals surface area contributed by atoms with E-state index in [4.69, 9.17) is 4.74 Å². The number of benzene rings is 2. The minimum atomic E-state index is -0.138. The number of carbonyl (C=O) groups is 1. The highest BCUT2D eigenvalue weighted by atomic mass is 127. The molecule has 0 bridgehead atoms. The molecule has 2 aromatic carbocycles. The summed E-state index contributed by atoms with van der Waals surface area (Å²) in [6.07, 6.45) is 1.68. The van der Waals surface area contributed by atoms with Gasteiger partial charge in [0.1, 0.15) is 12.4 Å². The Hall–Kier alpha value is -1.82. The molecule has 0 atom stereocenters. The number of rotatable bonds is 5. The Kier molecular flexibility index (Phi) is 5.17. The van der Waals surface area contributed by atoms with Crippen LogP contribution in [-0.4, -0.2) is 12.5 Å². The molecule has 0 fully saturated rings. The summed E-state index contributed by atoms with van der Waals surface area (Å²) in [5.74, 6) is 0.581. The third kappa shape index (κ3) is 4.09. The maximum Gasteiger partial charge on any atom is 0.255 e. The normalized spacial score (nSPS) is 9.85. The monoisotopic (exact) mass is 379 g/mol. The minimum absolute atomic E-state index is 0.138. The molecule has 1 N–H and O–H groups in total. The number of hydrogen-bond donors (Lipinski definition) is 1. The Morgan fingerprint density at radius 2 is 1.80 bits per heavy atom. The van der Waals surface area contributed by atoms with Crippen molar-refractivity contribution in [3.63, 3.8) is 0 Å². The molecule has 0 saturated carbocycles. The van der Waals surface area contributed by atoms with Crippen molar-refractivity contribution in [2.24, 2.45) is 0 Å². The minimum Gasteiger partial charge on any atom is -0.490 e. The second kappa shape index (κ2) is 7.09. The van der Waals surface area contributed by atoms with Gasteiger partial charge < -0.3 is 10.1 Å². The third-order valence-corrected chi connectivity index (χ3v) is 3.31. The van der Waals surface area contributed by atoms with Crippen LogP contribution >= 0.6 is 22.6 Å². The molecule has 0 aliphatic carbocycles. The van der Waals surface area contributed by atoms with E-state index in [2.05, 4.69) is 34.5 Å². The zero-order valence-corrected chi connectivity index (χ0v) is 13.0. The Morgan fingerprint density at radius 1 is 1.15 bits per heavy atom. The van der Waals surface area contributed by atoms with E-state index in [0.717, 1.165) is 15.0 Å². The average Bonchev–Trinajstić information content (AvgIpc) is 2.48. The fourth-order valence-corrected chi connectivity index (χ4v) is 1.95. The van der Waals surface area contributed by atoms with Crippen LogP contribution in [-0.2, 0) is 0 Å². The van der Waals surface area contributed by atoms with Crippen molar-refractivity contribution in [2.75, 3.05) is 11.9 Å². The molecule has 20 heavy (non-hydrogen) atoms. The van der Waals surface area contributed by atoms with E-state index in [9.17, 15) is 4.79 Å². The van der Waals surface area contributed by atoms with Crippen molar-refractivity contribution in [1.82, 2.24) is 0 Å². The number of halogens is 1. The summed E-state index contributed by atoms with van der Waals surface area (Å²) in [4.78, 5) is 12.1. The summed E-state index contributed by atoms with van der Waals surface area (Å²) in [6.45, 7) is 4.04. The lowest BCUT2D eigenvalue weighted by Crippen LogP contribution is -2.11. The van der Waals surface area contributed by atoms with Gasteiger partial charge in [0, 0.05) is 14.8 Å². The van der Waals surface area contributed by atoms with Gasteiger partial charge in [0.15, 0.2) is 0 Å². The lowest BCUT2D eigenvalue weighted by molar-refractivity contribution is 0.102. The van der Waals surface area contributed by atoms with E-state index in [1.807, 2.05) is 24.3 Å². The van der Waals surface area contributed by atoms with E-state index in [1.165, 1.54) is 0 Å². The highest BCUT2D eigenvalue weighted by molar-refractivity contribution is 14.1. The van der Waals surface area contributed by atoms with Crippen LogP contribution in [0.4, 0.5) is 5.69 Å². The van der Waals surface area contributed by atoms with Crippen LogP contribution in [0.5, 0.6) is 5.75 Å². The van der Waals surface area contributed by atoms with Crippen LogP contribution < -0.4 is 10.1 Å². The third-order valence-electron chi connectivity index (χ3n) is 2.59. The molecule has 0 aliphatic rings. The molecule has 0 saturated heterocycles. The highest BCUT2D eigenvalue weighted by Gasteiger charge is 2.06. The smallest absolute Gasteiger partial charge is 0.255 e. The van der Waals surface area contributed by atoms with Gasteiger partial charge in [-0.05, 0) is 71.1 Å². The van der Waals surface area contributed by atoms with Gasteiger partial charge in [-0.2, -0.15) is 0 Å². The molecular weight excluding hydrogens is 365 g/mol. The maximum absolute atomic E-state index is 12.1. The van der Waals surface area contributed by atoms with Gasteiger partial charge in [-0.1, -0.05) is 12.7 Å². The average molecular weight is 379 g/mol. The topological polar surface area (TPSA) is 38.3 Å². The Balaban J connectivity index is 2.01. The van der Waals surface area contributed by atoms with E-state index >= 15 is 0 Å². The molecule has 2 rings (SSSR count). The van der Waals surface area contributed by atoms with Gasteiger partial charge in [-0.25, -0.2) is 0 Å². The van der Waals surface area contributed by atoms with Crippen LogP contribution in [0.3, 0.4) is 0 Å². The fraction of sp³-hybridized carbons (Fsp3) is 0.0625. The molecule has 3 nitrogen and oxygen atoms in total. The van der Waals surface area contributed by atoms with Crippen molar-refractivity contribution < 1.29 is 9.53 Å². The molecule has 0 aromatic heterocycles. The van der Waals surface area contributed by atoms with Gasteiger partial charge in [0.05, 0.1) is 0 Å². The molecule has 0 heterocycles. The zero-order chi connectivity index (χ0) is 14.4. The van der Waals surface area contributed by atoms with E-state index in [0.29, 0.717) is 12.2 Å². The molecule has 0 spiro atoms. The summed E-state index contributed by atoms with van der Waals surface area (Å²) < 4.78 is 6.50. The van der Waals surface area contributed by atoms with Crippen molar-refractivity contribution in [1.29, 1.82) is 0 Å². The van der Waals surface area contributed by atoms with E-state index in [1.54, 1.807) is 30.3 Å². The van der Waals surface area contributed by atoms with Crippen molar-refractivity contribution in [3.8, 4) is 5.75 Å². The fourth-order valence-electron chi connectivity index (χ4n) is 1.59. The Bertz CT molecular complexity index is 591. The first-order valence-electron chi connectivity index (χ1n) is 6.10. The summed E-state index contributed by atoms with van der Waals surface area (Å²) in [7, 11) is 0. The predicted octanol–water partition coefficient (Wildman–Crippen LogP) is 4.11. The molecule has 4 heteroatoms. The number of amides is 1. The van der Waals surface area contributed by atoms with E-state index < -0.39 is 0 Å². The lowest BCUT2D eigenvalue weighted by Gasteiger charge is -2.07. The second-order valence-electron chi connectivity index (χ2n) is 4.09. The number of hydrogen-bond acceptors (Lipinski definition) is 2. The molecule has 0 aliphatic heterocycles. The number of ether oxygens (including phenoxy) is 1. The summed E-state index contributed by atoms with van der Waals surface area (Å²) >= 11 is 2.22. The maximum atomic E-state index is 12.1. The largest absolute Gasteiger partial charge is 0.490 e. The van der Waals surface area contributed by atoms with Crippen LogP contribution in [0.1, 0.15) is 10.4 Å². The van der Waals surface area contributed by atoms with E-state index in [-0.39, 0.29) is 5.91 Å². The second-order valence-corrected chi connectivity index (χ2v) is 5.33. The highest BCUT2D eigenvalue weighted by Crippen LogP contribution is 2.15. The molecule has 2 aromatic rings. The van der Waals surface area contributed by atoms with Crippen LogP contribution in [0, 0.1) is 3.57 Å². The van der Waals surface area contributed by atoms with Gasteiger partial charge >= 0.3 is 0 Å². The van der Waals surface area contributed by atoms with Gasteiger partial charge in [-0.3, -0.25) is 4.79 Å². The molecule has 0 unspecified atom stereocenters. The van der Waals surface area contributed by atoms with Gasteiger partial charge in [-0.15, -0.1) is 0 Å². The van der Waals surface area contributed by atoms with Gasteiger partial charge in [0.2, 0.25) is 0 Å². The first kappa shape index (κ1) is 14.6. The first-order valence-corrected chi connectivity index (χ1v) is 7.17. The number of nitrogens with one attached hydrogen (secondary N) is 1. The summed E-state index contributed by atoms with van der Waals surface area (Å²) in [5, 5.41) is 2.85. The Morgan fingerprint density at radius 3 is 2.40 bits per heavy atom. The summed E-state index contributed by atoms with van der Waals surface area (Å²) in [6, 6.07) is 14.7. The molecule has 1 amide bonds. The van der Waals surface area contributed by atoms with Crippen LogP contribution in [0.25, 0.3) is 0 Å². The van der Waals surface area contributed by atoms with Crippen LogP contribution in [0.2, 0.25) is 0 Å². The molecular formula is C16H14INO2. The van der Waals surface area contributed by atoms with Gasteiger partial charge in [0.25, 0.3) is 5.91 Å². The first-order chi connectivity index (χ1) is 9.69.